The van der Waals surface area contributed by atoms with Gasteiger partial charge in [-0.15, -0.1) is 0 Å². The van der Waals surface area contributed by atoms with Gasteiger partial charge in [0.05, 0.1) is 13.7 Å². The first-order chi connectivity index (χ1) is 9.08. The van der Waals surface area contributed by atoms with Gasteiger partial charge in [-0.2, -0.15) is 0 Å². The molecular formula is C14H18F2O3. The lowest BCUT2D eigenvalue weighted by atomic mass is 10.1. The molecule has 0 radical (unpaired) electrons. The summed E-state index contributed by atoms with van der Waals surface area (Å²) < 4.78 is 36.3. The molecule has 0 saturated carbocycles. The number of halogens is 2. The molecule has 0 aliphatic heterocycles. The van der Waals surface area contributed by atoms with Gasteiger partial charge in [0.25, 0.3) is 0 Å². The van der Waals surface area contributed by atoms with Crippen LogP contribution in [0.2, 0.25) is 0 Å². The van der Waals surface area contributed by atoms with Gasteiger partial charge in [0.2, 0.25) is 0 Å². The number of unbranched alkanes of at least 4 members (excludes halogenated alkanes) is 1. The summed E-state index contributed by atoms with van der Waals surface area (Å²) in [6, 6.07) is 2.34. The largest absolute Gasteiger partial charge is 0.491 e. The molecule has 0 atom stereocenters. The van der Waals surface area contributed by atoms with Crippen LogP contribution in [0.4, 0.5) is 8.78 Å². The van der Waals surface area contributed by atoms with E-state index in [0.29, 0.717) is 12.2 Å². The average Bonchev–Trinajstić information content (AvgIpc) is 2.36. The van der Waals surface area contributed by atoms with E-state index in [0.717, 1.165) is 12.8 Å². The predicted molar refractivity (Wildman–Crippen MR) is 67.1 cm³/mol. The van der Waals surface area contributed by atoms with Gasteiger partial charge in [0.15, 0.2) is 17.4 Å². The van der Waals surface area contributed by atoms with Crippen LogP contribution in [-0.2, 0) is 16.0 Å². The summed E-state index contributed by atoms with van der Waals surface area (Å²) in [5.41, 5.74) is 0.406. The van der Waals surface area contributed by atoms with Gasteiger partial charge in [0, 0.05) is 6.42 Å². The summed E-state index contributed by atoms with van der Waals surface area (Å²) in [5, 5.41) is 0. The molecule has 5 heteroatoms. The van der Waals surface area contributed by atoms with Crippen molar-refractivity contribution in [3.8, 4) is 5.75 Å². The fourth-order valence-electron chi connectivity index (χ4n) is 1.60. The molecule has 3 nitrogen and oxygen atoms in total. The number of methoxy groups -OCH3 is 1. The Morgan fingerprint density at radius 3 is 2.42 bits per heavy atom. The van der Waals surface area contributed by atoms with E-state index in [-0.39, 0.29) is 18.8 Å². The normalized spacial score (nSPS) is 10.3. The summed E-state index contributed by atoms with van der Waals surface area (Å²) in [6.45, 7) is 2.39. The smallest absolute Gasteiger partial charge is 0.306 e. The molecule has 0 unspecified atom stereocenters. The van der Waals surface area contributed by atoms with Crippen molar-refractivity contribution in [3.63, 3.8) is 0 Å². The van der Waals surface area contributed by atoms with Crippen molar-refractivity contribution >= 4 is 5.97 Å². The Morgan fingerprint density at radius 1 is 1.26 bits per heavy atom. The molecule has 1 rings (SSSR count). The molecule has 0 amide bonds. The number of hydrogen-bond donors (Lipinski definition) is 0. The van der Waals surface area contributed by atoms with Crippen LogP contribution < -0.4 is 4.74 Å². The van der Waals surface area contributed by atoms with E-state index >= 15 is 0 Å². The molecule has 0 aromatic heterocycles. The van der Waals surface area contributed by atoms with E-state index in [1.807, 2.05) is 6.92 Å². The summed E-state index contributed by atoms with van der Waals surface area (Å²) in [4.78, 5) is 11.3. The molecule has 0 spiro atoms. The highest BCUT2D eigenvalue weighted by Gasteiger charge is 2.12. The number of benzene rings is 1. The predicted octanol–water partition coefficient (Wildman–Crippen LogP) is 3.25. The number of aryl methyl sites for hydroxylation is 1. The first-order valence-electron chi connectivity index (χ1n) is 6.26. The van der Waals surface area contributed by atoms with Crippen LogP contribution in [0.3, 0.4) is 0 Å². The topological polar surface area (TPSA) is 35.5 Å². The molecule has 0 aliphatic carbocycles. The minimum absolute atomic E-state index is 0.106. The second kappa shape index (κ2) is 7.71. The molecule has 19 heavy (non-hydrogen) atoms. The van der Waals surface area contributed by atoms with Crippen LogP contribution in [0.5, 0.6) is 5.75 Å². The first kappa shape index (κ1) is 15.4. The van der Waals surface area contributed by atoms with E-state index in [2.05, 4.69) is 4.74 Å². The zero-order chi connectivity index (χ0) is 14.3. The van der Waals surface area contributed by atoms with Crippen LogP contribution in [0.1, 0.15) is 31.7 Å². The van der Waals surface area contributed by atoms with Gasteiger partial charge in [0.1, 0.15) is 0 Å². The van der Waals surface area contributed by atoms with Crippen LogP contribution in [0.25, 0.3) is 0 Å². The highest BCUT2D eigenvalue weighted by Crippen LogP contribution is 2.23. The maximum Gasteiger partial charge on any atom is 0.306 e. The maximum atomic E-state index is 13.4. The molecule has 1 aromatic carbocycles. The van der Waals surface area contributed by atoms with Crippen molar-refractivity contribution < 1.29 is 23.0 Å². The lowest BCUT2D eigenvalue weighted by Crippen LogP contribution is -2.07. The third kappa shape index (κ3) is 4.85. The quantitative estimate of drug-likeness (QED) is 0.564. The van der Waals surface area contributed by atoms with E-state index < -0.39 is 17.4 Å². The minimum Gasteiger partial charge on any atom is -0.491 e. The highest BCUT2D eigenvalue weighted by molar-refractivity contribution is 5.69. The fraction of sp³-hybridized carbons (Fsp3) is 0.500. The number of ether oxygens (including phenoxy) is 2. The van der Waals surface area contributed by atoms with Crippen molar-refractivity contribution in [2.24, 2.45) is 0 Å². The first-order valence-corrected chi connectivity index (χ1v) is 6.26. The lowest BCUT2D eigenvalue weighted by Gasteiger charge is -2.07. The van der Waals surface area contributed by atoms with Gasteiger partial charge in [-0.3, -0.25) is 4.79 Å². The van der Waals surface area contributed by atoms with Crippen molar-refractivity contribution in [2.75, 3.05) is 13.7 Å². The van der Waals surface area contributed by atoms with Crippen LogP contribution in [-0.4, -0.2) is 19.7 Å². The highest BCUT2D eigenvalue weighted by atomic mass is 19.1. The van der Waals surface area contributed by atoms with Crippen LogP contribution in [0, 0.1) is 11.6 Å². The average molecular weight is 272 g/mol. The standard InChI is InChI=1S/C14H18F2O3/c1-3-4-7-19-13(17)6-5-10-8-11(15)14(18-2)12(16)9-10/h8-9H,3-7H2,1-2H3. The second-order valence-corrected chi connectivity index (χ2v) is 4.17. The van der Waals surface area contributed by atoms with Crippen molar-refractivity contribution in [3.05, 3.63) is 29.3 Å². The van der Waals surface area contributed by atoms with Gasteiger partial charge < -0.3 is 9.47 Å². The molecular weight excluding hydrogens is 254 g/mol. The Labute approximate surface area is 111 Å². The third-order valence-corrected chi connectivity index (χ3v) is 2.64. The molecule has 1 aromatic rings. The monoisotopic (exact) mass is 272 g/mol. The molecule has 0 aliphatic rings. The Bertz CT molecular complexity index is 410. The molecule has 0 fully saturated rings. The van der Waals surface area contributed by atoms with Gasteiger partial charge in [-0.05, 0) is 30.5 Å². The molecule has 106 valence electrons. The lowest BCUT2D eigenvalue weighted by molar-refractivity contribution is -0.143. The zero-order valence-corrected chi connectivity index (χ0v) is 11.2. The summed E-state index contributed by atoms with van der Waals surface area (Å²) in [7, 11) is 1.20. The molecule has 0 saturated heterocycles. The van der Waals surface area contributed by atoms with E-state index in [1.165, 1.54) is 19.2 Å². The Hall–Kier alpha value is -1.65. The van der Waals surface area contributed by atoms with Gasteiger partial charge in [-0.25, -0.2) is 8.78 Å². The number of esters is 1. The summed E-state index contributed by atoms with van der Waals surface area (Å²) >= 11 is 0. The van der Waals surface area contributed by atoms with E-state index in [4.69, 9.17) is 4.74 Å². The van der Waals surface area contributed by atoms with Crippen molar-refractivity contribution in [1.82, 2.24) is 0 Å². The number of carbonyl (C=O) groups is 1. The van der Waals surface area contributed by atoms with Crippen LogP contribution >= 0.6 is 0 Å². The summed E-state index contributed by atoms with van der Waals surface area (Å²) in [6.07, 6.45) is 2.11. The molecule has 0 N–H and O–H groups in total. The summed E-state index contributed by atoms with van der Waals surface area (Å²) in [5.74, 6) is -2.30. The molecule has 0 heterocycles. The second-order valence-electron chi connectivity index (χ2n) is 4.17. The van der Waals surface area contributed by atoms with Crippen LogP contribution in [0.15, 0.2) is 12.1 Å². The number of hydrogen-bond acceptors (Lipinski definition) is 3. The zero-order valence-electron chi connectivity index (χ0n) is 11.2. The minimum atomic E-state index is -0.767. The fourth-order valence-corrected chi connectivity index (χ4v) is 1.60. The molecule has 0 bridgehead atoms. The van der Waals surface area contributed by atoms with E-state index in [9.17, 15) is 13.6 Å². The van der Waals surface area contributed by atoms with Gasteiger partial charge in [-0.1, -0.05) is 13.3 Å². The SMILES string of the molecule is CCCCOC(=O)CCc1cc(F)c(OC)c(F)c1. The Kier molecular flexibility index (Phi) is 6.25. The van der Waals surface area contributed by atoms with Crippen molar-refractivity contribution in [2.45, 2.75) is 32.6 Å². The number of carbonyl (C=O) groups excluding carboxylic acids is 1. The maximum absolute atomic E-state index is 13.4. The Morgan fingerprint density at radius 2 is 1.89 bits per heavy atom. The number of rotatable bonds is 7. The van der Waals surface area contributed by atoms with Gasteiger partial charge >= 0.3 is 5.97 Å². The Balaban J connectivity index is 2.52. The van der Waals surface area contributed by atoms with Crippen molar-refractivity contribution in [1.29, 1.82) is 0 Å². The third-order valence-electron chi connectivity index (χ3n) is 2.64. The van der Waals surface area contributed by atoms with E-state index in [1.54, 1.807) is 0 Å².